The van der Waals surface area contributed by atoms with E-state index < -0.39 is 6.36 Å². The Labute approximate surface area is 122 Å². The summed E-state index contributed by atoms with van der Waals surface area (Å²) in [5.74, 6) is -0.164. The van der Waals surface area contributed by atoms with Gasteiger partial charge in [0, 0.05) is 12.1 Å². The summed E-state index contributed by atoms with van der Waals surface area (Å²) in [4.78, 5) is 0. The summed E-state index contributed by atoms with van der Waals surface area (Å²) in [5, 5.41) is 3.58. The number of nitrogens with one attached hydrogen (secondary N) is 1. The molecule has 2 heterocycles. The molecule has 1 saturated heterocycles. The van der Waals surface area contributed by atoms with Crippen LogP contribution >= 0.6 is 0 Å². The molecule has 0 aliphatic carbocycles. The van der Waals surface area contributed by atoms with Gasteiger partial charge in [-0.1, -0.05) is 30.2 Å². The van der Waals surface area contributed by atoms with Gasteiger partial charge in [-0.05, 0) is 43.4 Å². The maximum absolute atomic E-state index is 12.1. The standard InChI is InChI=1S/C16H18F3NO/c17-16(18,19)21-15-6-4-11(5-7-15)8-12-9-13-2-1-3-14(10-12)20-13/h4-7,9,13-14,20H,1-3,8,10H2. The third-order valence-electron chi connectivity index (χ3n) is 4.05. The van der Waals surface area contributed by atoms with Gasteiger partial charge in [0.15, 0.2) is 0 Å². The lowest BCUT2D eigenvalue weighted by atomic mass is 9.85. The Morgan fingerprint density at radius 1 is 1.14 bits per heavy atom. The van der Waals surface area contributed by atoms with Gasteiger partial charge >= 0.3 is 6.36 Å². The average molecular weight is 297 g/mol. The van der Waals surface area contributed by atoms with E-state index in [1.54, 1.807) is 12.1 Å². The number of benzene rings is 1. The fourth-order valence-corrected chi connectivity index (χ4v) is 3.22. The second-order valence-electron chi connectivity index (χ2n) is 5.80. The van der Waals surface area contributed by atoms with Crippen LogP contribution in [-0.2, 0) is 6.42 Å². The molecule has 2 atom stereocenters. The lowest BCUT2D eigenvalue weighted by molar-refractivity contribution is -0.274. The van der Waals surface area contributed by atoms with Crippen LogP contribution in [0.25, 0.3) is 0 Å². The van der Waals surface area contributed by atoms with Crippen LogP contribution in [-0.4, -0.2) is 18.4 Å². The van der Waals surface area contributed by atoms with Gasteiger partial charge in [0.1, 0.15) is 5.75 Å². The maximum atomic E-state index is 12.1. The predicted octanol–water partition coefficient (Wildman–Crippen LogP) is 3.97. The van der Waals surface area contributed by atoms with Gasteiger partial charge in [0.25, 0.3) is 0 Å². The fourth-order valence-electron chi connectivity index (χ4n) is 3.22. The number of ether oxygens (including phenoxy) is 1. The van der Waals surface area contributed by atoms with Gasteiger partial charge in [0.2, 0.25) is 0 Å². The van der Waals surface area contributed by atoms with Crippen molar-refractivity contribution in [2.24, 2.45) is 0 Å². The van der Waals surface area contributed by atoms with E-state index in [-0.39, 0.29) is 5.75 Å². The monoisotopic (exact) mass is 297 g/mol. The largest absolute Gasteiger partial charge is 0.573 e. The third-order valence-corrected chi connectivity index (χ3v) is 4.05. The number of rotatable bonds is 3. The number of fused-ring (bicyclic) bond motifs is 2. The topological polar surface area (TPSA) is 21.3 Å². The summed E-state index contributed by atoms with van der Waals surface area (Å²) in [5.41, 5.74) is 2.41. The van der Waals surface area contributed by atoms with E-state index in [1.165, 1.54) is 37.0 Å². The molecular formula is C16H18F3NO. The molecule has 2 bridgehead atoms. The van der Waals surface area contributed by atoms with Gasteiger partial charge in [-0.2, -0.15) is 0 Å². The van der Waals surface area contributed by atoms with E-state index in [0.29, 0.717) is 12.1 Å². The first-order valence-corrected chi connectivity index (χ1v) is 7.28. The highest BCUT2D eigenvalue weighted by molar-refractivity contribution is 5.31. The van der Waals surface area contributed by atoms with Crippen molar-refractivity contribution in [3.05, 3.63) is 41.5 Å². The van der Waals surface area contributed by atoms with E-state index in [9.17, 15) is 13.2 Å². The SMILES string of the molecule is FC(F)(F)Oc1ccc(CC2=CC3CCCC(C2)N3)cc1. The van der Waals surface area contributed by atoms with Crippen molar-refractivity contribution in [1.29, 1.82) is 0 Å². The Balaban J connectivity index is 1.64. The average Bonchev–Trinajstić information content (AvgIpc) is 2.39. The van der Waals surface area contributed by atoms with Crippen LogP contribution in [0.15, 0.2) is 35.9 Å². The number of halogens is 3. The van der Waals surface area contributed by atoms with E-state index in [0.717, 1.165) is 18.4 Å². The molecule has 1 fully saturated rings. The lowest BCUT2D eigenvalue weighted by Crippen LogP contribution is -2.44. The highest BCUT2D eigenvalue weighted by atomic mass is 19.4. The van der Waals surface area contributed by atoms with E-state index in [2.05, 4.69) is 16.1 Å². The molecule has 5 heteroatoms. The van der Waals surface area contributed by atoms with E-state index in [1.807, 2.05) is 0 Å². The van der Waals surface area contributed by atoms with Crippen LogP contribution in [0.1, 0.15) is 31.2 Å². The minimum Gasteiger partial charge on any atom is -0.406 e. The van der Waals surface area contributed by atoms with Crippen LogP contribution in [0.4, 0.5) is 13.2 Å². The molecule has 3 rings (SSSR count). The zero-order valence-corrected chi connectivity index (χ0v) is 11.6. The molecule has 2 aliphatic heterocycles. The second kappa shape index (κ2) is 5.72. The minimum atomic E-state index is -4.63. The van der Waals surface area contributed by atoms with Crippen molar-refractivity contribution >= 4 is 0 Å². The van der Waals surface area contributed by atoms with Crippen molar-refractivity contribution in [1.82, 2.24) is 5.32 Å². The van der Waals surface area contributed by atoms with Crippen molar-refractivity contribution < 1.29 is 17.9 Å². The van der Waals surface area contributed by atoms with Crippen LogP contribution < -0.4 is 10.1 Å². The van der Waals surface area contributed by atoms with Crippen LogP contribution in [0.5, 0.6) is 5.75 Å². The zero-order valence-electron chi connectivity index (χ0n) is 11.6. The quantitative estimate of drug-likeness (QED) is 0.852. The zero-order chi connectivity index (χ0) is 14.9. The molecule has 2 unspecified atom stereocenters. The molecular weight excluding hydrogens is 279 g/mol. The molecule has 0 saturated carbocycles. The first-order valence-electron chi connectivity index (χ1n) is 7.28. The van der Waals surface area contributed by atoms with Gasteiger partial charge in [-0.15, -0.1) is 13.2 Å². The Bertz CT molecular complexity index is 521. The summed E-state index contributed by atoms with van der Waals surface area (Å²) in [6.07, 6.45) is 3.17. The smallest absolute Gasteiger partial charge is 0.406 e. The summed E-state index contributed by atoms with van der Waals surface area (Å²) < 4.78 is 40.2. The van der Waals surface area contributed by atoms with Gasteiger partial charge in [0.05, 0.1) is 0 Å². The van der Waals surface area contributed by atoms with Crippen LogP contribution in [0, 0.1) is 0 Å². The minimum absolute atomic E-state index is 0.164. The van der Waals surface area contributed by atoms with Crippen LogP contribution in [0.2, 0.25) is 0 Å². The van der Waals surface area contributed by atoms with Crippen molar-refractivity contribution in [2.45, 2.75) is 50.6 Å². The molecule has 0 aromatic heterocycles. The molecule has 1 aromatic rings. The molecule has 0 amide bonds. The first-order chi connectivity index (χ1) is 9.98. The van der Waals surface area contributed by atoms with Gasteiger partial charge in [-0.25, -0.2) is 0 Å². The normalized spacial score (nSPS) is 25.4. The third kappa shape index (κ3) is 4.00. The molecule has 0 spiro atoms. The van der Waals surface area contributed by atoms with Gasteiger partial charge < -0.3 is 10.1 Å². The highest BCUT2D eigenvalue weighted by Crippen LogP contribution is 2.28. The molecule has 1 aromatic carbocycles. The molecule has 0 radical (unpaired) electrons. The molecule has 114 valence electrons. The van der Waals surface area contributed by atoms with Crippen molar-refractivity contribution in [3.63, 3.8) is 0 Å². The Kier molecular flexibility index (Phi) is 3.93. The number of alkyl halides is 3. The van der Waals surface area contributed by atoms with Crippen molar-refractivity contribution in [2.75, 3.05) is 0 Å². The second-order valence-corrected chi connectivity index (χ2v) is 5.80. The predicted molar refractivity (Wildman–Crippen MR) is 74.1 cm³/mol. The first kappa shape index (κ1) is 14.4. The molecule has 21 heavy (non-hydrogen) atoms. The van der Waals surface area contributed by atoms with E-state index in [4.69, 9.17) is 0 Å². The maximum Gasteiger partial charge on any atom is 0.573 e. The Morgan fingerprint density at radius 3 is 2.57 bits per heavy atom. The van der Waals surface area contributed by atoms with Gasteiger partial charge in [-0.3, -0.25) is 0 Å². The Hall–Kier alpha value is -1.49. The summed E-state index contributed by atoms with van der Waals surface area (Å²) >= 11 is 0. The number of piperidine rings is 1. The number of hydrogen-bond donors (Lipinski definition) is 1. The lowest BCUT2D eigenvalue weighted by Gasteiger charge is -2.35. The van der Waals surface area contributed by atoms with Crippen molar-refractivity contribution in [3.8, 4) is 5.75 Å². The molecule has 2 aliphatic rings. The van der Waals surface area contributed by atoms with E-state index >= 15 is 0 Å². The highest BCUT2D eigenvalue weighted by Gasteiger charge is 2.31. The molecule has 1 N–H and O–H groups in total. The Morgan fingerprint density at radius 2 is 1.90 bits per heavy atom. The fraction of sp³-hybridized carbons (Fsp3) is 0.500. The molecule has 2 nitrogen and oxygen atoms in total. The summed E-state index contributed by atoms with van der Waals surface area (Å²) in [7, 11) is 0. The summed E-state index contributed by atoms with van der Waals surface area (Å²) in [6.45, 7) is 0. The number of hydrogen-bond acceptors (Lipinski definition) is 2. The summed E-state index contributed by atoms with van der Waals surface area (Å²) in [6, 6.07) is 7.22. The van der Waals surface area contributed by atoms with Crippen LogP contribution in [0.3, 0.4) is 0 Å².